The largest absolute Gasteiger partial charge is 0.508 e. The van der Waals surface area contributed by atoms with Crippen LogP contribution in [-0.2, 0) is 9.47 Å². The van der Waals surface area contributed by atoms with Crippen LogP contribution in [0.1, 0.15) is 13.8 Å². The second kappa shape index (κ2) is 11.8. The summed E-state index contributed by atoms with van der Waals surface area (Å²) in [5.41, 5.74) is -1.01. The molecule has 0 spiro atoms. The Hall–Kier alpha value is -3.67. The molecule has 2 fully saturated rings. The van der Waals surface area contributed by atoms with E-state index in [0.29, 0.717) is 0 Å². The van der Waals surface area contributed by atoms with Crippen molar-refractivity contribution in [3.05, 3.63) is 40.6 Å². The highest BCUT2D eigenvalue weighted by Gasteiger charge is 2.45. The molecule has 4 unspecified atom stereocenters. The third kappa shape index (κ3) is 5.45. The third-order valence-electron chi connectivity index (χ3n) is 7.46. The lowest BCUT2D eigenvalue weighted by Gasteiger charge is -2.39. The summed E-state index contributed by atoms with van der Waals surface area (Å²) in [6.07, 6.45) is -14.7. The summed E-state index contributed by atoms with van der Waals surface area (Å²) in [6, 6.07) is 6.56. The molecule has 2 aliphatic rings. The Balaban J connectivity index is 1.65. The lowest BCUT2D eigenvalue weighted by molar-refractivity contribution is -0.268. The molecule has 0 aliphatic carbocycles. The normalized spacial score (nSPS) is 32.9. The molecule has 234 valence electrons. The van der Waals surface area contributed by atoms with Crippen LogP contribution in [0.25, 0.3) is 22.3 Å². The fourth-order valence-corrected chi connectivity index (χ4v) is 4.93. The van der Waals surface area contributed by atoms with E-state index in [4.69, 9.17) is 28.1 Å². The molecule has 3 heterocycles. The van der Waals surface area contributed by atoms with Gasteiger partial charge in [-0.3, -0.25) is 4.79 Å². The van der Waals surface area contributed by atoms with Crippen LogP contribution in [0, 0.1) is 0 Å². The first-order chi connectivity index (χ1) is 20.3. The van der Waals surface area contributed by atoms with Gasteiger partial charge in [-0.1, -0.05) is 0 Å². The number of hydrogen-bond donors (Lipinski definition) is 8. The van der Waals surface area contributed by atoms with Crippen molar-refractivity contribution in [1.82, 2.24) is 0 Å². The van der Waals surface area contributed by atoms with Crippen molar-refractivity contribution in [2.75, 3.05) is 7.11 Å². The maximum absolute atomic E-state index is 13.9. The highest BCUT2D eigenvalue weighted by Crippen LogP contribution is 2.45. The molecule has 0 radical (unpaired) electrons. The zero-order chi connectivity index (χ0) is 31.3. The maximum Gasteiger partial charge on any atom is 0.239 e. The first-order valence-corrected chi connectivity index (χ1v) is 13.3. The van der Waals surface area contributed by atoms with Gasteiger partial charge in [-0.2, -0.15) is 0 Å². The zero-order valence-corrected chi connectivity index (χ0v) is 23.1. The van der Waals surface area contributed by atoms with Gasteiger partial charge in [0.1, 0.15) is 53.3 Å². The molecule has 5 rings (SSSR count). The Labute approximate surface area is 243 Å². The lowest BCUT2D eigenvalue weighted by atomic mass is 10.00. The second-order valence-electron chi connectivity index (χ2n) is 10.4. The molecule has 1 aromatic heterocycles. The Morgan fingerprint density at radius 2 is 1.26 bits per heavy atom. The van der Waals surface area contributed by atoms with Crippen LogP contribution < -0.4 is 19.6 Å². The van der Waals surface area contributed by atoms with Crippen molar-refractivity contribution in [2.45, 2.75) is 75.3 Å². The predicted molar refractivity (Wildman–Crippen MR) is 144 cm³/mol. The topological polar surface area (TPSA) is 238 Å². The average molecular weight is 609 g/mol. The van der Waals surface area contributed by atoms with E-state index >= 15 is 0 Å². The van der Waals surface area contributed by atoms with Crippen molar-refractivity contribution in [3.63, 3.8) is 0 Å². The van der Waals surface area contributed by atoms with E-state index in [9.17, 15) is 45.6 Å². The molecule has 15 heteroatoms. The van der Waals surface area contributed by atoms with E-state index < -0.39 is 83.7 Å². The minimum absolute atomic E-state index is 0.100. The number of hydrogen-bond acceptors (Lipinski definition) is 15. The fourth-order valence-electron chi connectivity index (χ4n) is 4.93. The van der Waals surface area contributed by atoms with Crippen LogP contribution in [0.3, 0.4) is 0 Å². The predicted octanol–water partition coefficient (Wildman–Crippen LogP) is -0.708. The summed E-state index contributed by atoms with van der Waals surface area (Å²) in [5, 5.41) is 81.9. The fraction of sp³-hybridized carbons (Fsp3) is 0.464. The van der Waals surface area contributed by atoms with Crippen molar-refractivity contribution in [2.24, 2.45) is 0 Å². The zero-order valence-electron chi connectivity index (χ0n) is 23.1. The molecule has 0 amide bonds. The van der Waals surface area contributed by atoms with E-state index in [1.807, 2.05) is 0 Å². The first-order valence-electron chi connectivity index (χ1n) is 13.3. The van der Waals surface area contributed by atoms with Crippen LogP contribution in [0.15, 0.2) is 39.5 Å². The summed E-state index contributed by atoms with van der Waals surface area (Å²) >= 11 is 0. The number of benzene rings is 2. The van der Waals surface area contributed by atoms with Crippen LogP contribution >= 0.6 is 0 Å². The second-order valence-corrected chi connectivity index (χ2v) is 10.4. The molecule has 15 nitrogen and oxygen atoms in total. The lowest BCUT2D eigenvalue weighted by Crippen LogP contribution is -2.58. The minimum atomic E-state index is -1.79. The van der Waals surface area contributed by atoms with E-state index in [-0.39, 0.29) is 34.2 Å². The maximum atomic E-state index is 13.9. The number of rotatable bonds is 6. The van der Waals surface area contributed by atoms with E-state index in [1.54, 1.807) is 0 Å². The van der Waals surface area contributed by atoms with Gasteiger partial charge in [0.25, 0.3) is 0 Å². The van der Waals surface area contributed by atoms with Crippen LogP contribution in [-0.4, -0.2) is 109 Å². The van der Waals surface area contributed by atoms with Crippen molar-refractivity contribution < 1.29 is 69.0 Å². The van der Waals surface area contributed by atoms with Crippen LogP contribution in [0.4, 0.5) is 0 Å². The van der Waals surface area contributed by atoms with Gasteiger partial charge < -0.3 is 69.0 Å². The Morgan fingerprint density at radius 1 is 0.721 bits per heavy atom. The number of aliphatic hydroxyl groups is 6. The highest BCUT2D eigenvalue weighted by atomic mass is 16.7. The Morgan fingerprint density at radius 3 is 1.79 bits per heavy atom. The third-order valence-corrected chi connectivity index (χ3v) is 7.46. The summed E-state index contributed by atoms with van der Waals surface area (Å²) in [6.45, 7) is 2.87. The summed E-state index contributed by atoms with van der Waals surface area (Å²) in [5.74, 6) is -2.30. The van der Waals surface area contributed by atoms with E-state index in [2.05, 4.69) is 0 Å². The summed E-state index contributed by atoms with van der Waals surface area (Å²) < 4.78 is 33.7. The van der Waals surface area contributed by atoms with Crippen LogP contribution in [0.2, 0.25) is 0 Å². The summed E-state index contributed by atoms with van der Waals surface area (Å²) in [4.78, 5) is 13.9. The number of aromatic hydroxyl groups is 2. The molecule has 2 saturated heterocycles. The molecule has 2 aliphatic heterocycles. The van der Waals surface area contributed by atoms with Gasteiger partial charge in [0.05, 0.1) is 19.3 Å². The molecule has 0 bridgehead atoms. The van der Waals surface area contributed by atoms with Crippen molar-refractivity contribution >= 4 is 11.0 Å². The SMILES string of the molecule is COc1c(O[C@@H]2OC(C)[C@H](O)[C@H](O)C2O)cc2oc(-c3ccc(O)cc3)c(O[C@@H]3OC(C)[C@H](O)C(O)[C@@H]3O)c(=O)c2c1O. The summed E-state index contributed by atoms with van der Waals surface area (Å²) in [7, 11) is 1.16. The van der Waals surface area contributed by atoms with Gasteiger partial charge in [0.2, 0.25) is 29.5 Å². The Kier molecular flexibility index (Phi) is 8.43. The van der Waals surface area contributed by atoms with E-state index in [1.165, 1.54) is 38.1 Å². The molecule has 0 saturated carbocycles. The van der Waals surface area contributed by atoms with Crippen LogP contribution in [0.5, 0.6) is 28.7 Å². The van der Waals surface area contributed by atoms with Gasteiger partial charge in [-0.05, 0) is 38.1 Å². The van der Waals surface area contributed by atoms with E-state index in [0.717, 1.165) is 13.2 Å². The van der Waals surface area contributed by atoms with Crippen molar-refractivity contribution in [1.29, 1.82) is 0 Å². The average Bonchev–Trinajstić information content (AvgIpc) is 2.98. The monoisotopic (exact) mass is 608 g/mol. The minimum Gasteiger partial charge on any atom is -0.508 e. The number of aliphatic hydroxyl groups excluding tert-OH is 6. The van der Waals surface area contributed by atoms with Gasteiger partial charge in [-0.25, -0.2) is 0 Å². The quantitative estimate of drug-likeness (QED) is 0.173. The first kappa shape index (κ1) is 30.8. The van der Waals surface area contributed by atoms with Gasteiger partial charge in [0.15, 0.2) is 17.3 Å². The van der Waals surface area contributed by atoms with Crippen molar-refractivity contribution in [3.8, 4) is 40.1 Å². The molecular weight excluding hydrogens is 576 g/mol. The highest BCUT2D eigenvalue weighted by molar-refractivity contribution is 5.91. The molecule has 10 atom stereocenters. The molecular formula is C28H32O15. The van der Waals surface area contributed by atoms with Gasteiger partial charge >= 0.3 is 0 Å². The Bertz CT molecular complexity index is 1520. The van der Waals surface area contributed by atoms with Gasteiger partial charge in [0, 0.05) is 11.6 Å². The molecule has 2 aromatic carbocycles. The number of methoxy groups -OCH3 is 1. The number of fused-ring (bicyclic) bond motifs is 1. The standard InChI is InChI=1S/C28H32O15/c1-9-16(30)20(34)22(36)27(39-9)42-14-8-13-15(18(32)25(14)38-3)19(33)26(24(41-13)11-4-6-12(29)7-5-11)43-28-23(37)21(35)17(31)10(2)40-28/h4-10,16-17,20-23,27-32,34-37H,1-3H3/t9?,10?,16-,17-,20-,21?,22?,23-,27-,28-/m0/s1. The molecule has 43 heavy (non-hydrogen) atoms. The van der Waals surface area contributed by atoms with Gasteiger partial charge in [-0.15, -0.1) is 0 Å². The number of phenols is 2. The molecule has 3 aromatic rings. The number of ether oxygens (including phenoxy) is 5. The number of phenolic OH excluding ortho intramolecular Hbond substituents is 2. The molecule has 8 N–H and O–H groups in total. The smallest absolute Gasteiger partial charge is 0.239 e.